The number of rotatable bonds is 3. The van der Waals surface area contributed by atoms with Gasteiger partial charge in [0.2, 0.25) is 0 Å². The number of carboxylic acids is 1. The molecule has 1 aliphatic heterocycles. The Morgan fingerprint density at radius 2 is 2.42 bits per heavy atom. The highest BCUT2D eigenvalue weighted by atomic mass is 16.5. The minimum atomic E-state index is -0.865. The summed E-state index contributed by atoms with van der Waals surface area (Å²) in [6.45, 7) is 1.48. The molecule has 1 unspecified atom stereocenters. The minimum absolute atomic E-state index is 0.0193. The lowest BCUT2D eigenvalue weighted by molar-refractivity contribution is -0.141. The Kier molecular flexibility index (Phi) is 3.46. The van der Waals surface area contributed by atoms with E-state index in [1.165, 1.54) is 0 Å². The summed E-state index contributed by atoms with van der Waals surface area (Å²) in [6.07, 6.45) is 0. The fraction of sp³-hybridized carbons (Fsp3) is 0.857. The van der Waals surface area contributed by atoms with Crippen LogP contribution in [0.2, 0.25) is 0 Å². The molecular formula is C7H13NO4. The second-order valence-electron chi connectivity index (χ2n) is 2.78. The second-order valence-corrected chi connectivity index (χ2v) is 2.78. The van der Waals surface area contributed by atoms with E-state index in [4.69, 9.17) is 14.9 Å². The van der Waals surface area contributed by atoms with Crippen molar-refractivity contribution in [2.45, 2.75) is 6.04 Å². The van der Waals surface area contributed by atoms with Crippen LogP contribution in [0.15, 0.2) is 0 Å². The third kappa shape index (κ3) is 2.44. The number of morpholine rings is 1. The summed E-state index contributed by atoms with van der Waals surface area (Å²) in [6, 6.07) is -0.158. The molecule has 0 aliphatic carbocycles. The first-order valence-electron chi connectivity index (χ1n) is 3.88. The van der Waals surface area contributed by atoms with Crippen molar-refractivity contribution in [3.05, 3.63) is 0 Å². The van der Waals surface area contributed by atoms with Gasteiger partial charge in [0.15, 0.2) is 0 Å². The number of ether oxygens (including phenoxy) is 1. The highest BCUT2D eigenvalue weighted by Gasteiger charge is 2.23. The molecule has 1 aliphatic rings. The van der Waals surface area contributed by atoms with Crippen molar-refractivity contribution in [2.75, 3.05) is 32.9 Å². The predicted octanol–water partition coefficient (Wildman–Crippen LogP) is -1.24. The van der Waals surface area contributed by atoms with Crippen molar-refractivity contribution in [3.63, 3.8) is 0 Å². The van der Waals surface area contributed by atoms with Crippen LogP contribution in [-0.4, -0.2) is 60.0 Å². The molecule has 1 atom stereocenters. The first-order chi connectivity index (χ1) is 5.74. The molecule has 70 valence electrons. The fourth-order valence-electron chi connectivity index (χ4n) is 1.24. The van der Waals surface area contributed by atoms with Crippen LogP contribution in [0.25, 0.3) is 0 Å². The Bertz CT molecular complexity index is 161. The van der Waals surface area contributed by atoms with Crippen molar-refractivity contribution in [2.24, 2.45) is 0 Å². The summed E-state index contributed by atoms with van der Waals surface area (Å²) in [5.74, 6) is -0.865. The first-order valence-corrected chi connectivity index (χ1v) is 3.88. The summed E-state index contributed by atoms with van der Waals surface area (Å²) >= 11 is 0. The van der Waals surface area contributed by atoms with Crippen LogP contribution in [0, 0.1) is 0 Å². The van der Waals surface area contributed by atoms with Crippen molar-refractivity contribution in [1.82, 2.24) is 4.90 Å². The highest BCUT2D eigenvalue weighted by molar-refractivity contribution is 5.69. The number of aliphatic hydroxyl groups excluding tert-OH is 1. The quantitative estimate of drug-likeness (QED) is 0.561. The number of hydrogen-bond donors (Lipinski definition) is 2. The Morgan fingerprint density at radius 3 is 3.00 bits per heavy atom. The number of aliphatic hydroxyl groups is 1. The largest absolute Gasteiger partial charge is 0.480 e. The average molecular weight is 175 g/mol. The van der Waals surface area contributed by atoms with Gasteiger partial charge in [0.25, 0.3) is 0 Å². The van der Waals surface area contributed by atoms with Gasteiger partial charge in [0.05, 0.1) is 32.4 Å². The van der Waals surface area contributed by atoms with Crippen molar-refractivity contribution < 1.29 is 19.7 Å². The van der Waals surface area contributed by atoms with Gasteiger partial charge < -0.3 is 14.9 Å². The standard InChI is InChI=1S/C7H13NO4/c9-4-6-5-12-2-1-8(6)3-7(10)11/h6,9H,1-5H2,(H,10,11). The lowest BCUT2D eigenvalue weighted by Crippen LogP contribution is -2.49. The maximum absolute atomic E-state index is 10.4. The number of carboxylic acid groups (broad SMARTS) is 1. The highest BCUT2D eigenvalue weighted by Crippen LogP contribution is 2.05. The Hall–Kier alpha value is -0.650. The molecule has 1 rings (SSSR count). The Labute approximate surface area is 70.5 Å². The van der Waals surface area contributed by atoms with Crippen LogP contribution in [-0.2, 0) is 9.53 Å². The van der Waals surface area contributed by atoms with E-state index in [1.807, 2.05) is 0 Å². The zero-order chi connectivity index (χ0) is 8.97. The third-order valence-electron chi connectivity index (χ3n) is 1.90. The second kappa shape index (κ2) is 4.39. The smallest absolute Gasteiger partial charge is 0.317 e. The average Bonchev–Trinajstić information content (AvgIpc) is 2.04. The van der Waals surface area contributed by atoms with Gasteiger partial charge in [-0.05, 0) is 0 Å². The monoisotopic (exact) mass is 175 g/mol. The van der Waals surface area contributed by atoms with E-state index in [0.29, 0.717) is 19.8 Å². The van der Waals surface area contributed by atoms with Gasteiger partial charge in [-0.2, -0.15) is 0 Å². The SMILES string of the molecule is O=C(O)CN1CCOCC1CO. The Morgan fingerprint density at radius 1 is 1.67 bits per heavy atom. The molecule has 1 saturated heterocycles. The van der Waals surface area contributed by atoms with Gasteiger partial charge in [-0.25, -0.2) is 0 Å². The summed E-state index contributed by atoms with van der Waals surface area (Å²) in [4.78, 5) is 12.1. The van der Waals surface area contributed by atoms with Crippen molar-refractivity contribution in [1.29, 1.82) is 0 Å². The zero-order valence-corrected chi connectivity index (χ0v) is 6.77. The van der Waals surface area contributed by atoms with Gasteiger partial charge in [0.1, 0.15) is 0 Å². The summed E-state index contributed by atoms with van der Waals surface area (Å²) < 4.78 is 5.09. The van der Waals surface area contributed by atoms with Crippen LogP contribution in [0.1, 0.15) is 0 Å². The molecular weight excluding hydrogens is 162 g/mol. The number of hydrogen-bond acceptors (Lipinski definition) is 4. The van der Waals surface area contributed by atoms with E-state index >= 15 is 0 Å². The lowest BCUT2D eigenvalue weighted by atomic mass is 10.2. The molecule has 0 spiro atoms. The van der Waals surface area contributed by atoms with Crippen LogP contribution in [0.4, 0.5) is 0 Å². The van der Waals surface area contributed by atoms with E-state index in [0.717, 1.165) is 0 Å². The molecule has 1 heterocycles. The summed E-state index contributed by atoms with van der Waals surface area (Å²) in [7, 11) is 0. The first kappa shape index (κ1) is 9.44. The van der Waals surface area contributed by atoms with Crippen LogP contribution in [0.3, 0.4) is 0 Å². The van der Waals surface area contributed by atoms with E-state index < -0.39 is 5.97 Å². The van der Waals surface area contributed by atoms with E-state index in [1.54, 1.807) is 4.90 Å². The maximum Gasteiger partial charge on any atom is 0.317 e. The summed E-state index contributed by atoms with van der Waals surface area (Å²) in [5.41, 5.74) is 0. The van der Waals surface area contributed by atoms with E-state index in [2.05, 4.69) is 0 Å². The number of aliphatic carboxylic acids is 1. The van der Waals surface area contributed by atoms with E-state index in [-0.39, 0.29) is 19.2 Å². The van der Waals surface area contributed by atoms with Crippen molar-refractivity contribution >= 4 is 5.97 Å². The van der Waals surface area contributed by atoms with Gasteiger partial charge in [0, 0.05) is 6.54 Å². The van der Waals surface area contributed by atoms with Gasteiger partial charge >= 0.3 is 5.97 Å². The molecule has 0 amide bonds. The van der Waals surface area contributed by atoms with Crippen LogP contribution in [0.5, 0.6) is 0 Å². The van der Waals surface area contributed by atoms with Gasteiger partial charge in [-0.15, -0.1) is 0 Å². The molecule has 0 aromatic carbocycles. The molecule has 0 radical (unpaired) electrons. The maximum atomic E-state index is 10.4. The predicted molar refractivity (Wildman–Crippen MR) is 40.9 cm³/mol. The normalized spacial score (nSPS) is 25.6. The van der Waals surface area contributed by atoms with Gasteiger partial charge in [-0.1, -0.05) is 0 Å². The minimum Gasteiger partial charge on any atom is -0.480 e. The van der Waals surface area contributed by atoms with E-state index in [9.17, 15) is 4.79 Å². The summed E-state index contributed by atoms with van der Waals surface area (Å²) in [5, 5.41) is 17.4. The molecule has 12 heavy (non-hydrogen) atoms. The van der Waals surface area contributed by atoms with Crippen LogP contribution < -0.4 is 0 Å². The van der Waals surface area contributed by atoms with Gasteiger partial charge in [-0.3, -0.25) is 9.69 Å². The molecule has 5 heteroatoms. The molecule has 0 aromatic rings. The lowest BCUT2D eigenvalue weighted by Gasteiger charge is -2.32. The molecule has 0 saturated carbocycles. The number of nitrogens with zero attached hydrogens (tertiary/aromatic N) is 1. The molecule has 1 fully saturated rings. The Balaban J connectivity index is 2.41. The molecule has 2 N–H and O–H groups in total. The van der Waals surface area contributed by atoms with Crippen molar-refractivity contribution in [3.8, 4) is 0 Å². The molecule has 0 bridgehead atoms. The fourth-order valence-corrected chi connectivity index (χ4v) is 1.24. The number of carbonyl (C=O) groups is 1. The zero-order valence-electron chi connectivity index (χ0n) is 6.77. The topological polar surface area (TPSA) is 70.0 Å². The third-order valence-corrected chi connectivity index (χ3v) is 1.90. The molecule has 0 aromatic heterocycles. The van der Waals surface area contributed by atoms with Crippen LogP contribution >= 0.6 is 0 Å². The molecule has 5 nitrogen and oxygen atoms in total.